The third kappa shape index (κ3) is 4.01. The maximum Gasteiger partial charge on any atom is 0.104 e. The van der Waals surface area contributed by atoms with Crippen molar-refractivity contribution in [2.24, 2.45) is 0 Å². The van der Waals surface area contributed by atoms with Crippen LogP contribution in [-0.4, -0.2) is 42.1 Å². The smallest absolute Gasteiger partial charge is 0.104 e. The van der Waals surface area contributed by atoms with E-state index in [1.165, 1.54) is 28.1 Å². The SMILES string of the molecule is S=C1SCC(CSCC2CSCS2)S1. The molecule has 2 saturated heterocycles. The average molecular weight is 301 g/mol. The molecule has 2 atom stereocenters. The Morgan fingerprint density at radius 1 is 1.29 bits per heavy atom. The molecule has 2 fully saturated rings. The van der Waals surface area contributed by atoms with Crippen LogP contribution in [0.5, 0.6) is 0 Å². The summed E-state index contributed by atoms with van der Waals surface area (Å²) in [7, 11) is 0. The molecule has 2 heterocycles. The third-order valence-corrected chi connectivity index (χ3v) is 9.67. The molecule has 2 aliphatic rings. The molecule has 0 spiro atoms. The summed E-state index contributed by atoms with van der Waals surface area (Å²) in [6.07, 6.45) is 0. The van der Waals surface area contributed by atoms with Gasteiger partial charge >= 0.3 is 0 Å². The second-order valence-corrected chi connectivity index (χ2v) is 10.4. The van der Waals surface area contributed by atoms with E-state index < -0.39 is 0 Å². The standard InChI is InChI=1S/C8H12S6/c9-8-12-4-7(14-8)3-10-1-6-2-11-5-13-6/h6-7H,1-5H2. The fourth-order valence-corrected chi connectivity index (χ4v) is 8.96. The van der Waals surface area contributed by atoms with E-state index in [9.17, 15) is 0 Å². The minimum atomic E-state index is 0.788. The van der Waals surface area contributed by atoms with Crippen molar-refractivity contribution < 1.29 is 0 Å². The highest BCUT2D eigenvalue weighted by Crippen LogP contribution is 2.36. The zero-order valence-corrected chi connectivity index (χ0v) is 12.5. The Kier molecular flexibility index (Phi) is 5.75. The van der Waals surface area contributed by atoms with Gasteiger partial charge in [0.15, 0.2) is 0 Å². The van der Waals surface area contributed by atoms with Crippen molar-refractivity contribution in [1.82, 2.24) is 0 Å². The van der Waals surface area contributed by atoms with Crippen molar-refractivity contribution in [3.63, 3.8) is 0 Å². The Bertz CT molecular complexity index is 200. The summed E-state index contributed by atoms with van der Waals surface area (Å²) in [6, 6.07) is 0. The molecule has 2 rings (SSSR count). The van der Waals surface area contributed by atoms with Gasteiger partial charge in [-0.15, -0.1) is 47.0 Å². The lowest BCUT2D eigenvalue weighted by Gasteiger charge is -2.09. The van der Waals surface area contributed by atoms with Crippen LogP contribution in [0, 0.1) is 0 Å². The van der Waals surface area contributed by atoms with Gasteiger partial charge in [0.2, 0.25) is 0 Å². The monoisotopic (exact) mass is 300 g/mol. The summed E-state index contributed by atoms with van der Waals surface area (Å²) in [6.45, 7) is 0. The first kappa shape index (κ1) is 12.3. The van der Waals surface area contributed by atoms with Gasteiger partial charge < -0.3 is 0 Å². The Morgan fingerprint density at radius 2 is 2.14 bits per heavy atom. The Hall–Kier alpha value is 1.84. The maximum atomic E-state index is 5.16. The van der Waals surface area contributed by atoms with Crippen LogP contribution in [0.1, 0.15) is 0 Å². The first-order valence-electron chi connectivity index (χ1n) is 4.45. The quantitative estimate of drug-likeness (QED) is 0.722. The van der Waals surface area contributed by atoms with Crippen LogP contribution in [0.25, 0.3) is 0 Å². The maximum absolute atomic E-state index is 5.16. The van der Waals surface area contributed by atoms with Crippen LogP contribution in [-0.2, 0) is 0 Å². The van der Waals surface area contributed by atoms with Crippen LogP contribution >= 0.6 is 71.0 Å². The van der Waals surface area contributed by atoms with E-state index in [0.717, 1.165) is 14.0 Å². The fourth-order valence-electron chi connectivity index (χ4n) is 1.25. The molecule has 0 radical (unpaired) electrons. The van der Waals surface area contributed by atoms with Gasteiger partial charge in [-0.3, -0.25) is 0 Å². The van der Waals surface area contributed by atoms with Crippen molar-refractivity contribution in [2.75, 3.05) is 28.1 Å². The van der Waals surface area contributed by atoms with Gasteiger partial charge in [0, 0.05) is 38.6 Å². The van der Waals surface area contributed by atoms with Crippen LogP contribution in [0.2, 0.25) is 0 Å². The molecular weight excluding hydrogens is 288 g/mol. The number of thioether (sulfide) groups is 5. The van der Waals surface area contributed by atoms with Crippen LogP contribution < -0.4 is 0 Å². The molecule has 14 heavy (non-hydrogen) atoms. The van der Waals surface area contributed by atoms with E-state index >= 15 is 0 Å². The molecule has 6 heteroatoms. The molecule has 0 N–H and O–H groups in total. The van der Waals surface area contributed by atoms with Crippen molar-refractivity contribution in [2.45, 2.75) is 10.5 Å². The van der Waals surface area contributed by atoms with E-state index in [1.807, 2.05) is 23.5 Å². The molecule has 2 unspecified atom stereocenters. The summed E-state index contributed by atoms with van der Waals surface area (Å²) in [4.78, 5) is 0. The Morgan fingerprint density at radius 3 is 2.79 bits per heavy atom. The fraction of sp³-hybridized carbons (Fsp3) is 0.875. The zero-order chi connectivity index (χ0) is 9.80. The Balaban J connectivity index is 1.56. The molecule has 0 amide bonds. The Labute approximate surface area is 112 Å². The van der Waals surface area contributed by atoms with Gasteiger partial charge in [0.1, 0.15) is 3.53 Å². The molecule has 0 nitrogen and oxygen atoms in total. The first-order valence-corrected chi connectivity index (χ1v) is 10.1. The van der Waals surface area contributed by atoms with Gasteiger partial charge in [0.25, 0.3) is 0 Å². The molecule has 80 valence electrons. The second kappa shape index (κ2) is 6.55. The zero-order valence-electron chi connectivity index (χ0n) is 7.64. The number of thiocarbonyl (C=S) groups is 1. The summed E-state index contributed by atoms with van der Waals surface area (Å²) in [5.41, 5.74) is 0. The topological polar surface area (TPSA) is 0 Å². The number of hydrogen-bond donors (Lipinski definition) is 0. The van der Waals surface area contributed by atoms with Crippen LogP contribution in [0.3, 0.4) is 0 Å². The molecule has 0 aliphatic carbocycles. The van der Waals surface area contributed by atoms with E-state index in [1.54, 1.807) is 0 Å². The van der Waals surface area contributed by atoms with Crippen molar-refractivity contribution in [3.8, 4) is 0 Å². The van der Waals surface area contributed by atoms with Gasteiger partial charge in [-0.2, -0.15) is 11.8 Å². The molecule has 0 saturated carbocycles. The van der Waals surface area contributed by atoms with Crippen molar-refractivity contribution >= 4 is 74.6 Å². The lowest BCUT2D eigenvalue weighted by atomic mass is 10.5. The average Bonchev–Trinajstić information content (AvgIpc) is 2.77. The predicted molar refractivity (Wildman–Crippen MR) is 82.5 cm³/mol. The van der Waals surface area contributed by atoms with E-state index in [4.69, 9.17) is 12.2 Å². The minimum Gasteiger partial charge on any atom is -0.160 e. The molecule has 0 aromatic rings. The van der Waals surface area contributed by atoms with Crippen molar-refractivity contribution in [3.05, 3.63) is 0 Å². The lowest BCUT2D eigenvalue weighted by Crippen LogP contribution is -2.10. The first-order chi connectivity index (χ1) is 6.84. The van der Waals surface area contributed by atoms with Crippen LogP contribution in [0.15, 0.2) is 0 Å². The molecule has 0 aromatic heterocycles. The summed E-state index contributed by atoms with van der Waals surface area (Å²) >= 11 is 15.3. The highest BCUT2D eigenvalue weighted by Gasteiger charge is 2.22. The lowest BCUT2D eigenvalue weighted by molar-refractivity contribution is 1.13. The van der Waals surface area contributed by atoms with Crippen molar-refractivity contribution in [1.29, 1.82) is 0 Å². The van der Waals surface area contributed by atoms with Gasteiger partial charge in [0.05, 0.1) is 0 Å². The third-order valence-electron chi connectivity index (χ3n) is 1.95. The molecular formula is C8H12S6. The molecule has 0 bridgehead atoms. The minimum absolute atomic E-state index is 0.788. The van der Waals surface area contributed by atoms with E-state index in [0.29, 0.717) is 0 Å². The van der Waals surface area contributed by atoms with Gasteiger partial charge in [-0.1, -0.05) is 12.2 Å². The summed E-state index contributed by atoms with van der Waals surface area (Å²) in [5, 5.41) is 3.01. The normalized spacial score (nSPS) is 32.7. The van der Waals surface area contributed by atoms with E-state index in [-0.39, 0.29) is 0 Å². The number of hydrogen-bond acceptors (Lipinski definition) is 6. The number of rotatable bonds is 4. The molecule has 2 aliphatic heterocycles. The highest BCUT2D eigenvalue weighted by atomic mass is 32.2. The largest absolute Gasteiger partial charge is 0.160 e. The van der Waals surface area contributed by atoms with Gasteiger partial charge in [-0.05, 0) is 0 Å². The van der Waals surface area contributed by atoms with Crippen LogP contribution in [0.4, 0.5) is 0 Å². The second-order valence-electron chi connectivity index (χ2n) is 3.12. The van der Waals surface area contributed by atoms with E-state index in [2.05, 4.69) is 35.3 Å². The predicted octanol–water partition coefficient (Wildman–Crippen LogP) is 3.66. The summed E-state index contributed by atoms with van der Waals surface area (Å²) in [5.74, 6) is 5.23. The molecule has 0 aromatic carbocycles. The summed E-state index contributed by atoms with van der Waals surface area (Å²) < 4.78 is 1.15. The van der Waals surface area contributed by atoms with Gasteiger partial charge in [-0.25, -0.2) is 0 Å². The highest BCUT2D eigenvalue weighted by molar-refractivity contribution is 8.49.